The average Bonchev–Trinajstić information content (AvgIpc) is 2.77. The summed E-state index contributed by atoms with van der Waals surface area (Å²) >= 11 is 0. The molecule has 4 unspecified atom stereocenters. The lowest BCUT2D eigenvalue weighted by molar-refractivity contribution is 0.200. The molecule has 2 nitrogen and oxygen atoms in total. The van der Waals surface area contributed by atoms with Gasteiger partial charge in [0, 0.05) is 18.7 Å². The molecule has 1 heterocycles. The second-order valence-corrected chi connectivity index (χ2v) is 4.49. The Balaban J connectivity index is 1.90. The predicted molar refractivity (Wildman–Crippen MR) is 48.9 cm³/mol. The zero-order valence-electron chi connectivity index (χ0n) is 8.03. The third-order valence-corrected chi connectivity index (χ3v) is 3.74. The molecule has 1 aliphatic carbocycles. The van der Waals surface area contributed by atoms with Crippen molar-refractivity contribution in [2.24, 2.45) is 11.8 Å². The molecule has 2 aliphatic rings. The average molecular weight is 169 g/mol. The molecular weight excluding hydrogens is 150 g/mol. The fraction of sp³-hybridized carbons (Fsp3) is 1.00. The molecule has 1 N–H and O–H groups in total. The maximum atomic E-state index is 8.96. The number of aliphatic hydroxyl groups is 1. The van der Waals surface area contributed by atoms with Crippen LogP contribution in [0, 0.1) is 11.8 Å². The van der Waals surface area contributed by atoms with Gasteiger partial charge in [-0.1, -0.05) is 6.92 Å². The summed E-state index contributed by atoms with van der Waals surface area (Å²) in [6, 6.07) is 1.46. The van der Waals surface area contributed by atoms with Crippen LogP contribution in [0.25, 0.3) is 0 Å². The van der Waals surface area contributed by atoms with Gasteiger partial charge in [-0.2, -0.15) is 0 Å². The van der Waals surface area contributed by atoms with Crippen LogP contribution in [0.1, 0.15) is 26.7 Å². The minimum Gasteiger partial charge on any atom is -0.396 e. The lowest BCUT2D eigenvalue weighted by Gasteiger charge is -2.23. The molecule has 1 aliphatic heterocycles. The van der Waals surface area contributed by atoms with Crippen molar-refractivity contribution in [3.63, 3.8) is 0 Å². The van der Waals surface area contributed by atoms with Crippen LogP contribution in [0.3, 0.4) is 0 Å². The summed E-state index contributed by atoms with van der Waals surface area (Å²) < 4.78 is 0. The monoisotopic (exact) mass is 169 g/mol. The van der Waals surface area contributed by atoms with Gasteiger partial charge < -0.3 is 5.11 Å². The second kappa shape index (κ2) is 3.00. The third-order valence-electron chi connectivity index (χ3n) is 3.74. The van der Waals surface area contributed by atoms with Gasteiger partial charge in [0.2, 0.25) is 0 Å². The quantitative estimate of drug-likeness (QED) is 0.669. The van der Waals surface area contributed by atoms with Crippen LogP contribution >= 0.6 is 0 Å². The molecule has 2 heteroatoms. The lowest BCUT2D eigenvalue weighted by atomic mass is 10.1. The first-order valence-corrected chi connectivity index (χ1v) is 5.10. The van der Waals surface area contributed by atoms with E-state index in [1.165, 1.54) is 19.4 Å². The van der Waals surface area contributed by atoms with E-state index in [4.69, 9.17) is 5.11 Å². The Morgan fingerprint density at radius 3 is 2.58 bits per heavy atom. The zero-order chi connectivity index (χ0) is 8.72. The van der Waals surface area contributed by atoms with Crippen molar-refractivity contribution < 1.29 is 5.11 Å². The van der Waals surface area contributed by atoms with Gasteiger partial charge in [0.05, 0.1) is 0 Å². The van der Waals surface area contributed by atoms with Crippen LogP contribution in [-0.4, -0.2) is 35.2 Å². The van der Waals surface area contributed by atoms with Gasteiger partial charge in [0.1, 0.15) is 0 Å². The Kier molecular flexibility index (Phi) is 2.13. The number of hydrogen-bond donors (Lipinski definition) is 1. The molecule has 2 rings (SSSR count). The first-order chi connectivity index (χ1) is 5.74. The molecular formula is C10H19NO. The van der Waals surface area contributed by atoms with Crippen molar-refractivity contribution in [3.05, 3.63) is 0 Å². The molecule has 0 spiro atoms. The van der Waals surface area contributed by atoms with Crippen molar-refractivity contribution in [2.45, 2.75) is 38.8 Å². The molecule has 0 amide bonds. The highest BCUT2D eigenvalue weighted by molar-refractivity contribution is 4.99. The van der Waals surface area contributed by atoms with Gasteiger partial charge in [0.25, 0.3) is 0 Å². The number of hydrogen-bond acceptors (Lipinski definition) is 2. The Morgan fingerprint density at radius 2 is 2.17 bits per heavy atom. The van der Waals surface area contributed by atoms with E-state index >= 15 is 0 Å². The molecule has 70 valence electrons. The zero-order valence-corrected chi connectivity index (χ0v) is 8.03. The van der Waals surface area contributed by atoms with E-state index in [1.54, 1.807) is 0 Å². The largest absolute Gasteiger partial charge is 0.396 e. The van der Waals surface area contributed by atoms with E-state index in [-0.39, 0.29) is 0 Å². The van der Waals surface area contributed by atoms with E-state index in [9.17, 15) is 0 Å². The summed E-state index contributed by atoms with van der Waals surface area (Å²) in [5, 5.41) is 8.96. The summed E-state index contributed by atoms with van der Waals surface area (Å²) in [6.07, 6.45) is 2.57. The van der Waals surface area contributed by atoms with Crippen LogP contribution in [-0.2, 0) is 0 Å². The first kappa shape index (κ1) is 8.52. The van der Waals surface area contributed by atoms with Gasteiger partial charge in [-0.3, -0.25) is 4.90 Å². The summed E-state index contributed by atoms with van der Waals surface area (Å²) in [6.45, 7) is 6.30. The Labute approximate surface area is 74.6 Å². The molecule has 1 saturated heterocycles. The molecule has 0 aromatic rings. The topological polar surface area (TPSA) is 23.5 Å². The molecule has 4 atom stereocenters. The Morgan fingerprint density at radius 1 is 1.42 bits per heavy atom. The summed E-state index contributed by atoms with van der Waals surface area (Å²) in [4.78, 5) is 2.59. The van der Waals surface area contributed by atoms with Crippen LogP contribution in [0.5, 0.6) is 0 Å². The predicted octanol–water partition coefficient (Wildman–Crippen LogP) is 1.10. The minimum absolute atomic E-state index is 0.391. The highest BCUT2D eigenvalue weighted by Crippen LogP contribution is 2.40. The maximum Gasteiger partial charge on any atom is 0.0474 e. The molecule has 2 fully saturated rings. The van der Waals surface area contributed by atoms with Crippen molar-refractivity contribution in [1.82, 2.24) is 4.90 Å². The number of likely N-dealkylation sites (tertiary alicyclic amines) is 1. The second-order valence-electron chi connectivity index (χ2n) is 4.49. The summed E-state index contributed by atoms with van der Waals surface area (Å²) in [5.41, 5.74) is 0. The van der Waals surface area contributed by atoms with E-state index in [0.29, 0.717) is 12.5 Å². The van der Waals surface area contributed by atoms with Gasteiger partial charge in [-0.15, -0.1) is 0 Å². The minimum atomic E-state index is 0.391. The fourth-order valence-electron chi connectivity index (χ4n) is 2.43. The molecule has 0 aromatic carbocycles. The van der Waals surface area contributed by atoms with Crippen LogP contribution in [0.15, 0.2) is 0 Å². The molecule has 12 heavy (non-hydrogen) atoms. The summed E-state index contributed by atoms with van der Waals surface area (Å²) in [5.74, 6) is 1.45. The number of nitrogens with zero attached hydrogens (tertiary/aromatic N) is 1. The van der Waals surface area contributed by atoms with Crippen molar-refractivity contribution in [1.29, 1.82) is 0 Å². The van der Waals surface area contributed by atoms with Crippen molar-refractivity contribution in [2.75, 3.05) is 13.2 Å². The van der Waals surface area contributed by atoms with Crippen molar-refractivity contribution in [3.8, 4) is 0 Å². The smallest absolute Gasteiger partial charge is 0.0474 e. The lowest BCUT2D eigenvalue weighted by Crippen LogP contribution is -2.32. The van der Waals surface area contributed by atoms with Crippen LogP contribution in [0.4, 0.5) is 0 Å². The SMILES string of the molecule is CC1CCN(C2CC2CO)C1C. The van der Waals surface area contributed by atoms with Crippen LogP contribution in [0.2, 0.25) is 0 Å². The van der Waals surface area contributed by atoms with Crippen molar-refractivity contribution >= 4 is 0 Å². The van der Waals surface area contributed by atoms with E-state index < -0.39 is 0 Å². The Bertz CT molecular complexity index is 171. The third kappa shape index (κ3) is 1.27. The number of rotatable bonds is 2. The van der Waals surface area contributed by atoms with E-state index in [2.05, 4.69) is 18.7 Å². The number of aliphatic hydroxyl groups excluding tert-OH is 1. The fourth-order valence-corrected chi connectivity index (χ4v) is 2.43. The summed E-state index contributed by atoms with van der Waals surface area (Å²) in [7, 11) is 0. The molecule has 0 radical (unpaired) electrons. The van der Waals surface area contributed by atoms with E-state index in [1.807, 2.05) is 0 Å². The van der Waals surface area contributed by atoms with Crippen LogP contribution < -0.4 is 0 Å². The first-order valence-electron chi connectivity index (χ1n) is 5.10. The molecule has 1 saturated carbocycles. The highest BCUT2D eigenvalue weighted by atomic mass is 16.3. The van der Waals surface area contributed by atoms with Gasteiger partial charge in [0.15, 0.2) is 0 Å². The molecule has 0 aromatic heterocycles. The highest BCUT2D eigenvalue weighted by Gasteiger charge is 2.45. The molecule has 0 bridgehead atoms. The normalized spacial score (nSPS) is 48.2. The van der Waals surface area contributed by atoms with Gasteiger partial charge in [-0.05, 0) is 38.1 Å². The standard InChI is InChI=1S/C10H19NO/c1-7-3-4-11(8(7)2)10-5-9(10)6-12/h7-10,12H,3-6H2,1-2H3. The maximum absolute atomic E-state index is 8.96. The Hall–Kier alpha value is -0.0800. The van der Waals surface area contributed by atoms with E-state index in [0.717, 1.165) is 18.0 Å². The van der Waals surface area contributed by atoms with Gasteiger partial charge in [-0.25, -0.2) is 0 Å². The van der Waals surface area contributed by atoms with Gasteiger partial charge >= 0.3 is 0 Å².